The van der Waals surface area contributed by atoms with Crippen LogP contribution in [0.5, 0.6) is 0 Å². The van der Waals surface area contributed by atoms with Gasteiger partial charge in [0.2, 0.25) is 0 Å². The van der Waals surface area contributed by atoms with Gasteiger partial charge in [0.25, 0.3) is 5.91 Å². The van der Waals surface area contributed by atoms with Crippen molar-refractivity contribution in [2.24, 2.45) is 7.05 Å². The molecule has 0 saturated carbocycles. The Bertz CT molecular complexity index is 891. The van der Waals surface area contributed by atoms with Gasteiger partial charge < -0.3 is 15.2 Å². The van der Waals surface area contributed by atoms with E-state index in [0.717, 1.165) is 31.6 Å². The summed E-state index contributed by atoms with van der Waals surface area (Å²) in [6.45, 7) is 2.13. The van der Waals surface area contributed by atoms with Crippen molar-refractivity contribution >= 4 is 11.6 Å². The van der Waals surface area contributed by atoms with E-state index in [1.807, 2.05) is 31.4 Å². The van der Waals surface area contributed by atoms with Gasteiger partial charge in [-0.3, -0.25) is 9.48 Å². The van der Waals surface area contributed by atoms with Crippen molar-refractivity contribution in [3.63, 3.8) is 0 Å². The molecule has 7 heteroatoms. The molecule has 26 heavy (non-hydrogen) atoms. The van der Waals surface area contributed by atoms with Crippen molar-refractivity contribution in [2.75, 3.05) is 18.4 Å². The van der Waals surface area contributed by atoms with Gasteiger partial charge in [-0.25, -0.2) is 0 Å². The number of aryl methyl sites for hydroxylation is 1. The first-order valence-corrected chi connectivity index (χ1v) is 8.78. The average molecular weight is 351 g/mol. The smallest absolute Gasteiger partial charge is 0.277 e. The van der Waals surface area contributed by atoms with E-state index in [2.05, 4.69) is 33.0 Å². The lowest BCUT2D eigenvalue weighted by Gasteiger charge is -2.23. The number of benzene rings is 1. The topological polar surface area (TPSA) is 85.0 Å². The highest BCUT2D eigenvalue weighted by Gasteiger charge is 2.17. The summed E-state index contributed by atoms with van der Waals surface area (Å²) in [5, 5.41) is 14.3. The summed E-state index contributed by atoms with van der Waals surface area (Å²) in [6, 6.07) is 11.5. The molecule has 0 spiro atoms. The third kappa shape index (κ3) is 3.52. The molecule has 0 radical (unpaired) electrons. The van der Waals surface area contributed by atoms with E-state index in [1.165, 1.54) is 5.56 Å². The fourth-order valence-electron chi connectivity index (χ4n) is 3.24. The molecule has 1 saturated heterocycles. The Morgan fingerprint density at radius 2 is 2.00 bits per heavy atom. The molecule has 4 rings (SSSR count). The molecule has 3 heterocycles. The number of aromatic nitrogens is 3. The van der Waals surface area contributed by atoms with Crippen LogP contribution >= 0.6 is 0 Å². The van der Waals surface area contributed by atoms with E-state index >= 15 is 0 Å². The fourth-order valence-corrected chi connectivity index (χ4v) is 3.24. The van der Waals surface area contributed by atoms with Crippen LogP contribution in [-0.4, -0.2) is 33.9 Å². The van der Waals surface area contributed by atoms with Gasteiger partial charge in [0.15, 0.2) is 11.5 Å². The van der Waals surface area contributed by atoms with Crippen molar-refractivity contribution < 1.29 is 9.32 Å². The van der Waals surface area contributed by atoms with Crippen LogP contribution in [0.25, 0.3) is 11.5 Å². The molecule has 1 aliphatic rings. The van der Waals surface area contributed by atoms with E-state index in [4.69, 9.17) is 4.52 Å². The van der Waals surface area contributed by atoms with Gasteiger partial charge in [0.1, 0.15) is 5.69 Å². The number of nitrogens with one attached hydrogen (secondary N) is 2. The number of amides is 1. The van der Waals surface area contributed by atoms with Crippen molar-refractivity contribution in [1.82, 2.24) is 20.3 Å². The zero-order valence-electron chi connectivity index (χ0n) is 14.6. The van der Waals surface area contributed by atoms with Gasteiger partial charge in [-0.2, -0.15) is 5.10 Å². The quantitative estimate of drug-likeness (QED) is 0.755. The molecule has 2 N–H and O–H groups in total. The van der Waals surface area contributed by atoms with Crippen LogP contribution in [0.1, 0.15) is 34.8 Å². The Morgan fingerprint density at radius 1 is 1.23 bits per heavy atom. The molecule has 1 amide bonds. The lowest BCUT2D eigenvalue weighted by molar-refractivity contribution is 0.101. The predicted molar refractivity (Wildman–Crippen MR) is 97.9 cm³/mol. The van der Waals surface area contributed by atoms with Crippen LogP contribution in [0.3, 0.4) is 0 Å². The summed E-state index contributed by atoms with van der Waals surface area (Å²) in [5.41, 5.74) is 2.94. The zero-order valence-corrected chi connectivity index (χ0v) is 14.6. The average Bonchev–Trinajstić information content (AvgIpc) is 3.32. The maximum absolute atomic E-state index is 12.4. The van der Waals surface area contributed by atoms with Gasteiger partial charge in [-0.1, -0.05) is 17.3 Å². The van der Waals surface area contributed by atoms with Crippen molar-refractivity contribution in [3.05, 3.63) is 53.9 Å². The minimum Gasteiger partial charge on any atom is -0.354 e. The van der Waals surface area contributed by atoms with E-state index in [0.29, 0.717) is 17.4 Å². The van der Waals surface area contributed by atoms with Crippen molar-refractivity contribution in [2.45, 2.75) is 18.8 Å². The summed E-state index contributed by atoms with van der Waals surface area (Å²) >= 11 is 0. The molecule has 134 valence electrons. The molecular weight excluding hydrogens is 330 g/mol. The SMILES string of the molecule is Cn1ccc(-c2cc(C(=O)Nc3ccc(C4CCNCC4)cc3)no2)n1. The first kappa shape index (κ1) is 16.5. The Balaban J connectivity index is 1.42. The van der Waals surface area contributed by atoms with Crippen LogP contribution in [0, 0.1) is 0 Å². The first-order chi connectivity index (χ1) is 12.7. The summed E-state index contributed by atoms with van der Waals surface area (Å²) in [7, 11) is 1.82. The second-order valence-corrected chi connectivity index (χ2v) is 6.55. The van der Waals surface area contributed by atoms with E-state index in [-0.39, 0.29) is 11.6 Å². The molecule has 0 unspecified atom stereocenters. The number of carbonyl (C=O) groups excluding carboxylic acids is 1. The van der Waals surface area contributed by atoms with E-state index in [9.17, 15) is 4.79 Å². The van der Waals surface area contributed by atoms with Crippen LogP contribution in [0.4, 0.5) is 5.69 Å². The van der Waals surface area contributed by atoms with E-state index < -0.39 is 0 Å². The summed E-state index contributed by atoms with van der Waals surface area (Å²) in [4.78, 5) is 12.4. The zero-order chi connectivity index (χ0) is 17.9. The normalized spacial score (nSPS) is 15.1. The van der Waals surface area contributed by atoms with Gasteiger partial charge in [-0.05, 0) is 55.6 Å². The van der Waals surface area contributed by atoms with Gasteiger partial charge in [0.05, 0.1) is 0 Å². The summed E-state index contributed by atoms with van der Waals surface area (Å²) in [5.74, 6) is 0.764. The molecule has 3 aromatic rings. The van der Waals surface area contributed by atoms with Crippen molar-refractivity contribution in [3.8, 4) is 11.5 Å². The Kier molecular flexibility index (Phi) is 4.53. The lowest BCUT2D eigenvalue weighted by atomic mass is 9.90. The molecule has 1 aliphatic heterocycles. The monoisotopic (exact) mass is 351 g/mol. The largest absolute Gasteiger partial charge is 0.354 e. The third-order valence-electron chi connectivity index (χ3n) is 4.69. The second kappa shape index (κ2) is 7.13. The molecule has 1 aromatic carbocycles. The Labute approximate surface area is 151 Å². The Hall–Kier alpha value is -2.93. The van der Waals surface area contributed by atoms with Crippen LogP contribution in [0.2, 0.25) is 0 Å². The van der Waals surface area contributed by atoms with Gasteiger partial charge >= 0.3 is 0 Å². The number of hydrogen-bond donors (Lipinski definition) is 2. The highest BCUT2D eigenvalue weighted by molar-refractivity contribution is 6.03. The maximum atomic E-state index is 12.4. The standard InChI is InChI=1S/C19H21N5O2/c1-24-11-8-16(22-24)18-12-17(23-26-18)19(25)21-15-4-2-13(3-5-15)14-6-9-20-10-7-14/h2-5,8,11-12,14,20H,6-7,9-10H2,1H3,(H,21,25). The molecule has 0 bridgehead atoms. The first-order valence-electron chi connectivity index (χ1n) is 8.78. The van der Waals surface area contributed by atoms with Gasteiger partial charge in [-0.15, -0.1) is 0 Å². The van der Waals surface area contributed by atoms with E-state index in [1.54, 1.807) is 10.7 Å². The Morgan fingerprint density at radius 3 is 2.69 bits per heavy atom. The number of rotatable bonds is 4. The maximum Gasteiger partial charge on any atom is 0.277 e. The highest BCUT2D eigenvalue weighted by Crippen LogP contribution is 2.26. The van der Waals surface area contributed by atoms with Crippen LogP contribution in [-0.2, 0) is 7.05 Å². The number of nitrogens with zero attached hydrogens (tertiary/aromatic N) is 3. The molecule has 0 aliphatic carbocycles. The fraction of sp³-hybridized carbons (Fsp3) is 0.316. The predicted octanol–water partition coefficient (Wildman–Crippen LogP) is 2.79. The molecular formula is C19H21N5O2. The summed E-state index contributed by atoms with van der Waals surface area (Å²) in [6.07, 6.45) is 4.11. The molecule has 2 aromatic heterocycles. The number of carbonyl (C=O) groups is 1. The minimum absolute atomic E-state index is 0.230. The third-order valence-corrected chi connectivity index (χ3v) is 4.69. The molecule has 1 fully saturated rings. The van der Waals surface area contributed by atoms with Crippen LogP contribution in [0.15, 0.2) is 47.1 Å². The van der Waals surface area contributed by atoms with Crippen molar-refractivity contribution in [1.29, 1.82) is 0 Å². The van der Waals surface area contributed by atoms with Gasteiger partial charge in [0, 0.05) is 25.0 Å². The lowest BCUT2D eigenvalue weighted by Crippen LogP contribution is -2.26. The second-order valence-electron chi connectivity index (χ2n) is 6.55. The number of anilines is 1. The number of hydrogen-bond acceptors (Lipinski definition) is 5. The molecule has 0 atom stereocenters. The van der Waals surface area contributed by atoms with Crippen LogP contribution < -0.4 is 10.6 Å². The molecule has 7 nitrogen and oxygen atoms in total. The minimum atomic E-state index is -0.300. The number of piperidine rings is 1. The summed E-state index contributed by atoms with van der Waals surface area (Å²) < 4.78 is 6.90. The highest BCUT2D eigenvalue weighted by atomic mass is 16.5.